The Bertz CT molecular complexity index is 565. The van der Waals surface area contributed by atoms with Crippen LogP contribution in [0.3, 0.4) is 0 Å². The van der Waals surface area contributed by atoms with Crippen LogP contribution in [0.4, 0.5) is 0 Å². The summed E-state index contributed by atoms with van der Waals surface area (Å²) in [6.45, 7) is 2.52. The predicted octanol–water partition coefficient (Wildman–Crippen LogP) is 3.18. The normalized spacial score (nSPS) is 10.7. The van der Waals surface area contributed by atoms with Gasteiger partial charge in [-0.25, -0.2) is 9.97 Å². The van der Waals surface area contributed by atoms with Crippen molar-refractivity contribution < 1.29 is 0 Å². The Morgan fingerprint density at radius 3 is 2.47 bits per heavy atom. The van der Waals surface area contributed by atoms with Crippen LogP contribution in [-0.2, 0) is 12.8 Å². The fourth-order valence-electron chi connectivity index (χ4n) is 1.91. The summed E-state index contributed by atoms with van der Waals surface area (Å²) in [5.74, 6) is 0.721. The van der Waals surface area contributed by atoms with Gasteiger partial charge in [-0.2, -0.15) is 0 Å². The second kappa shape index (κ2) is 6.33. The van der Waals surface area contributed by atoms with Gasteiger partial charge in [0.15, 0.2) is 0 Å². The molecule has 0 fully saturated rings. The van der Waals surface area contributed by atoms with Gasteiger partial charge in [0.25, 0.3) is 0 Å². The molecule has 0 saturated carbocycles. The Hall–Kier alpha value is -1.16. The van der Waals surface area contributed by atoms with Crippen LogP contribution in [0.1, 0.15) is 22.8 Å². The van der Waals surface area contributed by atoms with Gasteiger partial charge in [-0.3, -0.25) is 0 Å². The molecular formula is C14H15Cl2N3. The van der Waals surface area contributed by atoms with Gasteiger partial charge in [0.05, 0.1) is 0 Å². The lowest BCUT2D eigenvalue weighted by atomic mass is 10.1. The van der Waals surface area contributed by atoms with Gasteiger partial charge in [-0.05, 0) is 37.2 Å². The average molecular weight is 296 g/mol. The molecule has 2 rings (SSSR count). The highest BCUT2D eigenvalue weighted by Crippen LogP contribution is 2.26. The zero-order valence-electron chi connectivity index (χ0n) is 10.7. The summed E-state index contributed by atoms with van der Waals surface area (Å²) in [7, 11) is 0. The quantitative estimate of drug-likeness (QED) is 0.942. The molecule has 0 spiro atoms. The fourth-order valence-corrected chi connectivity index (χ4v) is 2.45. The van der Waals surface area contributed by atoms with Crippen molar-refractivity contribution in [2.24, 2.45) is 5.73 Å². The van der Waals surface area contributed by atoms with Crippen molar-refractivity contribution in [1.29, 1.82) is 0 Å². The van der Waals surface area contributed by atoms with E-state index in [1.54, 1.807) is 0 Å². The molecule has 2 aromatic rings. The number of aromatic nitrogens is 2. The van der Waals surface area contributed by atoms with E-state index in [1.807, 2.05) is 31.2 Å². The van der Waals surface area contributed by atoms with Crippen LogP contribution in [0.2, 0.25) is 10.0 Å². The zero-order chi connectivity index (χ0) is 13.8. The minimum absolute atomic E-state index is 0.526. The molecule has 0 unspecified atom stereocenters. The Morgan fingerprint density at radius 1 is 1.16 bits per heavy atom. The van der Waals surface area contributed by atoms with E-state index in [4.69, 9.17) is 28.9 Å². The second-order valence-corrected chi connectivity index (χ2v) is 5.15. The molecule has 1 aromatic heterocycles. The third kappa shape index (κ3) is 3.66. The highest BCUT2D eigenvalue weighted by atomic mass is 35.5. The lowest BCUT2D eigenvalue weighted by molar-refractivity contribution is 0.853. The van der Waals surface area contributed by atoms with Crippen LogP contribution in [0, 0.1) is 6.92 Å². The number of benzene rings is 1. The topological polar surface area (TPSA) is 51.8 Å². The number of hydrogen-bond donors (Lipinski definition) is 1. The first-order valence-electron chi connectivity index (χ1n) is 6.06. The van der Waals surface area contributed by atoms with Gasteiger partial charge >= 0.3 is 0 Å². The Balaban J connectivity index is 2.33. The van der Waals surface area contributed by atoms with E-state index in [-0.39, 0.29) is 0 Å². The van der Waals surface area contributed by atoms with E-state index in [0.717, 1.165) is 29.2 Å². The number of hydrogen-bond acceptors (Lipinski definition) is 3. The first-order chi connectivity index (χ1) is 9.10. The van der Waals surface area contributed by atoms with Crippen molar-refractivity contribution in [3.8, 4) is 0 Å². The molecule has 1 aromatic carbocycles. The highest BCUT2D eigenvalue weighted by Gasteiger charge is 2.09. The highest BCUT2D eigenvalue weighted by molar-refractivity contribution is 6.36. The molecule has 19 heavy (non-hydrogen) atoms. The van der Waals surface area contributed by atoms with Crippen molar-refractivity contribution in [2.75, 3.05) is 6.54 Å². The molecule has 0 aliphatic rings. The molecule has 0 saturated heterocycles. The first-order valence-corrected chi connectivity index (χ1v) is 6.82. The van der Waals surface area contributed by atoms with Crippen LogP contribution in [0.25, 0.3) is 0 Å². The summed E-state index contributed by atoms with van der Waals surface area (Å²) >= 11 is 12.3. The average Bonchev–Trinajstić information content (AvgIpc) is 2.34. The number of halogens is 2. The van der Waals surface area contributed by atoms with E-state index in [2.05, 4.69) is 9.97 Å². The maximum atomic E-state index is 6.16. The smallest absolute Gasteiger partial charge is 0.133 e. The monoisotopic (exact) mass is 295 g/mol. The van der Waals surface area contributed by atoms with Crippen molar-refractivity contribution in [3.63, 3.8) is 0 Å². The van der Waals surface area contributed by atoms with E-state index in [1.165, 1.54) is 0 Å². The minimum Gasteiger partial charge on any atom is -0.330 e. The summed E-state index contributed by atoms with van der Waals surface area (Å²) in [6, 6.07) is 7.41. The van der Waals surface area contributed by atoms with Crippen LogP contribution >= 0.6 is 23.2 Å². The Kier molecular flexibility index (Phi) is 4.75. The van der Waals surface area contributed by atoms with Gasteiger partial charge < -0.3 is 5.73 Å². The number of nitrogens with zero attached hydrogens (tertiary/aromatic N) is 2. The molecule has 0 amide bonds. The van der Waals surface area contributed by atoms with Crippen molar-refractivity contribution in [1.82, 2.24) is 9.97 Å². The van der Waals surface area contributed by atoms with Crippen LogP contribution < -0.4 is 5.73 Å². The summed E-state index contributed by atoms with van der Waals surface area (Å²) in [5, 5.41) is 1.27. The van der Waals surface area contributed by atoms with E-state index in [9.17, 15) is 0 Å². The fraction of sp³-hybridized carbons (Fsp3) is 0.286. The minimum atomic E-state index is 0.526. The molecule has 0 bridgehead atoms. The Morgan fingerprint density at radius 2 is 1.84 bits per heavy atom. The van der Waals surface area contributed by atoms with Gasteiger partial charge in [-0.15, -0.1) is 0 Å². The number of rotatable bonds is 4. The molecule has 1 heterocycles. The molecule has 5 heteroatoms. The Labute approximate surface area is 122 Å². The van der Waals surface area contributed by atoms with Crippen molar-refractivity contribution in [3.05, 3.63) is 57.1 Å². The number of aryl methyl sites for hydroxylation is 1. The molecule has 100 valence electrons. The third-order valence-corrected chi connectivity index (χ3v) is 3.46. The molecule has 0 atom stereocenters. The van der Waals surface area contributed by atoms with Gasteiger partial charge in [-0.1, -0.05) is 29.3 Å². The standard InChI is InChI=1S/C14H15Cl2N3/c1-9-7-10(5-6-17)19-14(18-9)8-11-12(15)3-2-4-13(11)16/h2-4,7H,5-6,8,17H2,1H3. The van der Waals surface area contributed by atoms with E-state index in [0.29, 0.717) is 23.0 Å². The third-order valence-electron chi connectivity index (χ3n) is 2.75. The SMILES string of the molecule is Cc1cc(CCN)nc(Cc2c(Cl)cccc2Cl)n1. The molecular weight excluding hydrogens is 281 g/mol. The van der Waals surface area contributed by atoms with Crippen LogP contribution in [0.5, 0.6) is 0 Å². The molecule has 3 nitrogen and oxygen atoms in total. The first kappa shape index (κ1) is 14.3. The second-order valence-electron chi connectivity index (χ2n) is 4.33. The van der Waals surface area contributed by atoms with Gasteiger partial charge in [0.1, 0.15) is 5.82 Å². The summed E-state index contributed by atoms with van der Waals surface area (Å²) in [5.41, 5.74) is 8.29. The summed E-state index contributed by atoms with van der Waals surface area (Å²) in [4.78, 5) is 8.92. The summed E-state index contributed by atoms with van der Waals surface area (Å²) < 4.78 is 0. The lowest BCUT2D eigenvalue weighted by Gasteiger charge is -2.08. The van der Waals surface area contributed by atoms with Crippen molar-refractivity contribution in [2.45, 2.75) is 19.8 Å². The summed E-state index contributed by atoms with van der Waals surface area (Å²) in [6.07, 6.45) is 1.27. The number of nitrogens with two attached hydrogens (primary N) is 1. The maximum Gasteiger partial charge on any atom is 0.133 e. The maximum absolute atomic E-state index is 6.16. The van der Waals surface area contributed by atoms with Crippen LogP contribution in [0.15, 0.2) is 24.3 Å². The van der Waals surface area contributed by atoms with E-state index < -0.39 is 0 Å². The molecule has 0 aliphatic heterocycles. The molecule has 0 radical (unpaired) electrons. The van der Waals surface area contributed by atoms with E-state index >= 15 is 0 Å². The zero-order valence-corrected chi connectivity index (χ0v) is 12.2. The van der Waals surface area contributed by atoms with Crippen LogP contribution in [-0.4, -0.2) is 16.5 Å². The predicted molar refractivity (Wildman–Crippen MR) is 78.8 cm³/mol. The van der Waals surface area contributed by atoms with Gasteiger partial charge in [0, 0.05) is 34.3 Å². The molecule has 0 aliphatic carbocycles. The lowest BCUT2D eigenvalue weighted by Crippen LogP contribution is -2.08. The van der Waals surface area contributed by atoms with Gasteiger partial charge in [0.2, 0.25) is 0 Å². The largest absolute Gasteiger partial charge is 0.330 e. The molecule has 2 N–H and O–H groups in total. The van der Waals surface area contributed by atoms with Crippen molar-refractivity contribution >= 4 is 23.2 Å².